The van der Waals surface area contributed by atoms with Crippen molar-refractivity contribution in [3.63, 3.8) is 0 Å². The SMILES string of the molecule is COc1cccc(C2CCCN2C(=O)c2cnn(C(C)C)c2)c1. The Labute approximate surface area is 136 Å². The van der Waals surface area contributed by atoms with E-state index in [0.717, 1.165) is 30.7 Å². The molecule has 0 saturated carbocycles. The Kier molecular flexibility index (Phi) is 4.37. The summed E-state index contributed by atoms with van der Waals surface area (Å²) < 4.78 is 7.13. The summed E-state index contributed by atoms with van der Waals surface area (Å²) in [5.41, 5.74) is 1.79. The van der Waals surface area contributed by atoms with Crippen molar-refractivity contribution < 1.29 is 9.53 Å². The van der Waals surface area contributed by atoms with Gasteiger partial charge in [-0.3, -0.25) is 9.48 Å². The molecule has 0 radical (unpaired) electrons. The molecule has 0 spiro atoms. The number of ether oxygens (including phenoxy) is 1. The van der Waals surface area contributed by atoms with E-state index >= 15 is 0 Å². The van der Waals surface area contributed by atoms with Crippen LogP contribution in [0.15, 0.2) is 36.7 Å². The lowest BCUT2D eigenvalue weighted by Crippen LogP contribution is -2.30. The molecular weight excluding hydrogens is 290 g/mol. The topological polar surface area (TPSA) is 47.4 Å². The second-order valence-corrected chi connectivity index (χ2v) is 6.24. The molecule has 1 fully saturated rings. The molecule has 1 atom stereocenters. The highest BCUT2D eigenvalue weighted by molar-refractivity contribution is 5.94. The lowest BCUT2D eigenvalue weighted by molar-refractivity contribution is 0.0735. The van der Waals surface area contributed by atoms with E-state index < -0.39 is 0 Å². The summed E-state index contributed by atoms with van der Waals surface area (Å²) in [6, 6.07) is 8.36. The van der Waals surface area contributed by atoms with Crippen LogP contribution in [0.25, 0.3) is 0 Å². The number of benzene rings is 1. The lowest BCUT2D eigenvalue weighted by atomic mass is 10.0. The maximum atomic E-state index is 12.9. The van der Waals surface area contributed by atoms with Crippen LogP contribution in [0.1, 0.15) is 54.7 Å². The lowest BCUT2D eigenvalue weighted by Gasteiger charge is -2.25. The van der Waals surface area contributed by atoms with E-state index in [4.69, 9.17) is 4.74 Å². The average molecular weight is 313 g/mol. The van der Waals surface area contributed by atoms with Gasteiger partial charge in [-0.05, 0) is 44.4 Å². The second kappa shape index (κ2) is 6.44. The van der Waals surface area contributed by atoms with Gasteiger partial charge in [-0.25, -0.2) is 0 Å². The molecule has 0 bridgehead atoms. The molecule has 5 nitrogen and oxygen atoms in total. The molecule has 2 aromatic rings. The molecule has 1 unspecified atom stereocenters. The minimum absolute atomic E-state index is 0.0576. The van der Waals surface area contributed by atoms with E-state index in [1.54, 1.807) is 13.3 Å². The molecule has 0 N–H and O–H groups in total. The van der Waals surface area contributed by atoms with E-state index in [2.05, 4.69) is 25.0 Å². The Morgan fingerprint density at radius 2 is 2.22 bits per heavy atom. The predicted octanol–water partition coefficient (Wildman–Crippen LogP) is 3.45. The van der Waals surface area contributed by atoms with Crippen LogP contribution in [0.3, 0.4) is 0 Å². The number of nitrogens with zero attached hydrogens (tertiary/aromatic N) is 3. The number of carbonyl (C=O) groups excluding carboxylic acids is 1. The maximum Gasteiger partial charge on any atom is 0.257 e. The molecule has 1 aliphatic rings. The highest BCUT2D eigenvalue weighted by Gasteiger charge is 2.31. The molecule has 1 saturated heterocycles. The zero-order valence-electron chi connectivity index (χ0n) is 13.9. The average Bonchev–Trinajstić information content (AvgIpc) is 3.23. The zero-order valence-corrected chi connectivity index (χ0v) is 13.9. The number of likely N-dealkylation sites (tertiary alicyclic amines) is 1. The van der Waals surface area contributed by atoms with Crippen molar-refractivity contribution in [1.82, 2.24) is 14.7 Å². The molecule has 3 rings (SSSR count). The molecule has 23 heavy (non-hydrogen) atoms. The summed E-state index contributed by atoms with van der Waals surface area (Å²) in [5, 5.41) is 4.28. The highest BCUT2D eigenvalue weighted by atomic mass is 16.5. The second-order valence-electron chi connectivity index (χ2n) is 6.24. The Balaban J connectivity index is 1.84. The van der Waals surface area contributed by atoms with Crippen LogP contribution in [-0.2, 0) is 0 Å². The largest absolute Gasteiger partial charge is 0.497 e. The Hall–Kier alpha value is -2.30. The van der Waals surface area contributed by atoms with Crippen LogP contribution in [0.2, 0.25) is 0 Å². The summed E-state index contributed by atoms with van der Waals surface area (Å²) in [5.74, 6) is 0.886. The van der Waals surface area contributed by atoms with E-state index in [1.165, 1.54) is 0 Å². The van der Waals surface area contributed by atoms with Gasteiger partial charge in [0.15, 0.2) is 0 Å². The quantitative estimate of drug-likeness (QED) is 0.868. The van der Waals surface area contributed by atoms with Gasteiger partial charge in [0, 0.05) is 18.8 Å². The van der Waals surface area contributed by atoms with Crippen LogP contribution < -0.4 is 4.74 Å². The van der Waals surface area contributed by atoms with E-state index in [0.29, 0.717) is 5.56 Å². The van der Waals surface area contributed by atoms with Crippen molar-refractivity contribution in [2.24, 2.45) is 0 Å². The van der Waals surface area contributed by atoms with E-state index in [1.807, 2.05) is 34.0 Å². The van der Waals surface area contributed by atoms with Gasteiger partial charge in [0.05, 0.1) is 24.9 Å². The minimum atomic E-state index is 0.0576. The van der Waals surface area contributed by atoms with Crippen LogP contribution in [0.5, 0.6) is 5.75 Å². The zero-order chi connectivity index (χ0) is 16.4. The molecule has 2 heterocycles. The first-order valence-corrected chi connectivity index (χ1v) is 8.09. The fourth-order valence-electron chi connectivity index (χ4n) is 3.10. The number of methoxy groups -OCH3 is 1. The van der Waals surface area contributed by atoms with Gasteiger partial charge in [0.2, 0.25) is 0 Å². The fourth-order valence-corrected chi connectivity index (χ4v) is 3.10. The molecule has 1 amide bonds. The highest BCUT2D eigenvalue weighted by Crippen LogP contribution is 2.34. The van der Waals surface area contributed by atoms with Gasteiger partial charge in [-0.15, -0.1) is 0 Å². The summed E-state index contributed by atoms with van der Waals surface area (Å²) in [6.45, 7) is 4.89. The third kappa shape index (κ3) is 3.09. The third-order valence-corrected chi connectivity index (χ3v) is 4.37. The van der Waals surface area contributed by atoms with Crippen LogP contribution >= 0.6 is 0 Å². The van der Waals surface area contributed by atoms with Crippen molar-refractivity contribution in [1.29, 1.82) is 0 Å². The monoisotopic (exact) mass is 313 g/mol. The van der Waals surface area contributed by atoms with Crippen LogP contribution in [0, 0.1) is 0 Å². The van der Waals surface area contributed by atoms with Crippen LogP contribution in [-0.4, -0.2) is 34.2 Å². The fraction of sp³-hybridized carbons (Fsp3) is 0.444. The van der Waals surface area contributed by atoms with Crippen molar-refractivity contribution in [3.05, 3.63) is 47.8 Å². The molecule has 1 aliphatic heterocycles. The number of carbonyl (C=O) groups is 1. The van der Waals surface area contributed by atoms with Gasteiger partial charge in [-0.1, -0.05) is 12.1 Å². The molecular formula is C18H23N3O2. The molecule has 122 valence electrons. The molecule has 0 aliphatic carbocycles. The van der Waals surface area contributed by atoms with Gasteiger partial charge < -0.3 is 9.64 Å². The number of amides is 1. The third-order valence-electron chi connectivity index (χ3n) is 4.37. The van der Waals surface area contributed by atoms with Crippen molar-refractivity contribution in [2.45, 2.75) is 38.8 Å². The number of hydrogen-bond donors (Lipinski definition) is 0. The number of hydrogen-bond acceptors (Lipinski definition) is 3. The first-order chi connectivity index (χ1) is 11.1. The number of aromatic nitrogens is 2. The van der Waals surface area contributed by atoms with Gasteiger partial charge in [0.25, 0.3) is 5.91 Å². The first kappa shape index (κ1) is 15.6. The van der Waals surface area contributed by atoms with Crippen molar-refractivity contribution in [3.8, 4) is 5.75 Å². The number of rotatable bonds is 4. The summed E-state index contributed by atoms with van der Waals surface area (Å²) in [6.07, 6.45) is 5.51. The minimum Gasteiger partial charge on any atom is -0.497 e. The molecule has 5 heteroatoms. The summed E-state index contributed by atoms with van der Waals surface area (Å²) in [7, 11) is 1.66. The van der Waals surface area contributed by atoms with E-state index in [-0.39, 0.29) is 18.0 Å². The van der Waals surface area contributed by atoms with E-state index in [9.17, 15) is 4.79 Å². The summed E-state index contributed by atoms with van der Waals surface area (Å²) in [4.78, 5) is 14.8. The van der Waals surface area contributed by atoms with Gasteiger partial charge >= 0.3 is 0 Å². The van der Waals surface area contributed by atoms with Gasteiger partial charge in [0.1, 0.15) is 5.75 Å². The van der Waals surface area contributed by atoms with Crippen LogP contribution in [0.4, 0.5) is 0 Å². The Morgan fingerprint density at radius 3 is 2.91 bits per heavy atom. The van der Waals surface area contributed by atoms with Crippen molar-refractivity contribution in [2.75, 3.05) is 13.7 Å². The first-order valence-electron chi connectivity index (χ1n) is 8.09. The standard InChI is InChI=1S/C18H23N3O2/c1-13(2)21-12-15(11-19-21)18(22)20-9-5-8-17(20)14-6-4-7-16(10-14)23-3/h4,6-7,10-13,17H,5,8-9H2,1-3H3. The molecule has 1 aromatic heterocycles. The predicted molar refractivity (Wildman–Crippen MR) is 88.6 cm³/mol. The van der Waals surface area contributed by atoms with Crippen molar-refractivity contribution >= 4 is 5.91 Å². The normalized spacial score (nSPS) is 17.7. The van der Waals surface area contributed by atoms with Gasteiger partial charge in [-0.2, -0.15) is 5.10 Å². The smallest absolute Gasteiger partial charge is 0.257 e. The molecule has 1 aromatic carbocycles. The summed E-state index contributed by atoms with van der Waals surface area (Å²) >= 11 is 0. The maximum absolute atomic E-state index is 12.9. The Bertz CT molecular complexity index is 693. The Morgan fingerprint density at radius 1 is 1.39 bits per heavy atom.